The third-order valence-electron chi connectivity index (χ3n) is 6.16. The van der Waals surface area contributed by atoms with Crippen LogP contribution in [0.3, 0.4) is 0 Å². The van der Waals surface area contributed by atoms with Crippen molar-refractivity contribution in [2.45, 2.75) is 20.3 Å². The van der Waals surface area contributed by atoms with Crippen LogP contribution in [0.2, 0.25) is 0 Å². The van der Waals surface area contributed by atoms with Gasteiger partial charge in [0.05, 0.1) is 29.3 Å². The van der Waals surface area contributed by atoms with E-state index in [9.17, 15) is 9.59 Å². The van der Waals surface area contributed by atoms with Crippen molar-refractivity contribution in [2.24, 2.45) is 0 Å². The van der Waals surface area contributed by atoms with Crippen LogP contribution in [-0.2, 0) is 4.74 Å². The number of aromatic nitrogens is 1. The Morgan fingerprint density at radius 3 is 2.58 bits per heavy atom. The van der Waals surface area contributed by atoms with Crippen LogP contribution >= 0.6 is 11.3 Å². The molecule has 0 radical (unpaired) electrons. The molecule has 0 bridgehead atoms. The molecule has 0 spiro atoms. The monoisotopic (exact) mass is 510 g/mol. The number of rotatable bonds is 9. The molecule has 1 aromatic carbocycles. The van der Waals surface area contributed by atoms with Gasteiger partial charge in [-0.3, -0.25) is 4.79 Å². The van der Waals surface area contributed by atoms with Gasteiger partial charge in [-0.25, -0.2) is 9.78 Å². The van der Waals surface area contributed by atoms with Gasteiger partial charge in [0.1, 0.15) is 5.56 Å². The van der Waals surface area contributed by atoms with Crippen molar-refractivity contribution in [1.29, 1.82) is 0 Å². The molecule has 0 saturated carbocycles. The van der Waals surface area contributed by atoms with Crippen LogP contribution in [0.25, 0.3) is 10.9 Å². The number of hydrogen-bond donors (Lipinski definition) is 0. The summed E-state index contributed by atoms with van der Waals surface area (Å²) >= 11 is 1.46. The molecule has 1 amide bonds. The molecular weight excluding hydrogens is 476 g/mol. The molecule has 9 heteroatoms. The molecule has 192 valence electrons. The first-order valence-electron chi connectivity index (χ1n) is 12.4. The second kappa shape index (κ2) is 11.7. The molecule has 8 nitrogen and oxygen atoms in total. The van der Waals surface area contributed by atoms with Gasteiger partial charge >= 0.3 is 5.97 Å². The van der Waals surface area contributed by atoms with E-state index in [4.69, 9.17) is 14.5 Å². The molecule has 2 aromatic heterocycles. The van der Waals surface area contributed by atoms with E-state index in [1.807, 2.05) is 55.6 Å². The van der Waals surface area contributed by atoms with Gasteiger partial charge in [0.15, 0.2) is 0 Å². The Morgan fingerprint density at radius 2 is 1.92 bits per heavy atom. The lowest BCUT2D eigenvalue weighted by atomic mass is 10.0. The number of hydrogen-bond acceptors (Lipinski definition) is 8. The fourth-order valence-electron chi connectivity index (χ4n) is 4.40. The summed E-state index contributed by atoms with van der Waals surface area (Å²) in [5.41, 5.74) is 2.97. The highest BCUT2D eigenvalue weighted by atomic mass is 32.1. The number of aryl methyl sites for hydroxylation is 1. The molecule has 0 aliphatic carbocycles. The third-order valence-corrected chi connectivity index (χ3v) is 7.02. The number of carbonyl (C=O) groups excluding carboxylic acids is 2. The summed E-state index contributed by atoms with van der Waals surface area (Å²) in [6.45, 7) is 7.70. The Hall–Kier alpha value is -3.17. The predicted molar refractivity (Wildman–Crippen MR) is 144 cm³/mol. The molecular formula is C27H34N4O4S. The minimum Gasteiger partial charge on any atom is -0.477 e. The molecule has 1 fully saturated rings. The lowest BCUT2D eigenvalue weighted by Gasteiger charge is -2.37. The summed E-state index contributed by atoms with van der Waals surface area (Å²) in [5.74, 6) is -0.0885. The number of piperazine rings is 1. The fraction of sp³-hybridized carbons (Fsp3) is 0.444. The first kappa shape index (κ1) is 25.9. The van der Waals surface area contributed by atoms with Crippen molar-refractivity contribution in [2.75, 3.05) is 64.9 Å². The Balaban J connectivity index is 1.70. The number of amides is 1. The second-order valence-electron chi connectivity index (χ2n) is 9.14. The second-order valence-corrected chi connectivity index (χ2v) is 10.1. The SMILES string of the molecule is CCOC(=O)c1c(OCCCN(C)C)nc2ccc(C)cc2c1N1CCN(C(=O)c2cccs2)CC1. The number of anilines is 1. The first-order chi connectivity index (χ1) is 17.4. The van der Waals surface area contributed by atoms with E-state index in [-0.39, 0.29) is 12.5 Å². The quantitative estimate of drug-likeness (QED) is 0.317. The van der Waals surface area contributed by atoms with Crippen molar-refractivity contribution in [1.82, 2.24) is 14.8 Å². The molecule has 1 aliphatic heterocycles. The number of ether oxygens (including phenoxy) is 2. The van der Waals surface area contributed by atoms with Gasteiger partial charge in [0.25, 0.3) is 5.91 Å². The Labute approximate surface area is 216 Å². The highest BCUT2D eigenvalue weighted by Gasteiger charge is 2.30. The van der Waals surface area contributed by atoms with E-state index in [0.29, 0.717) is 44.2 Å². The van der Waals surface area contributed by atoms with Gasteiger partial charge in [0.2, 0.25) is 5.88 Å². The number of thiophene rings is 1. The minimum absolute atomic E-state index is 0.0515. The number of esters is 1. The van der Waals surface area contributed by atoms with Crippen LogP contribution in [0.15, 0.2) is 35.7 Å². The summed E-state index contributed by atoms with van der Waals surface area (Å²) in [6.07, 6.45) is 0.807. The molecule has 36 heavy (non-hydrogen) atoms. The van der Waals surface area contributed by atoms with Crippen LogP contribution in [0.4, 0.5) is 5.69 Å². The smallest absolute Gasteiger partial charge is 0.345 e. The number of pyridine rings is 1. The van der Waals surface area contributed by atoms with Gasteiger partial charge in [-0.15, -0.1) is 11.3 Å². The third kappa shape index (κ3) is 5.79. The van der Waals surface area contributed by atoms with Crippen molar-refractivity contribution in [3.63, 3.8) is 0 Å². The molecule has 4 rings (SSSR count). The number of benzene rings is 1. The Morgan fingerprint density at radius 1 is 1.14 bits per heavy atom. The summed E-state index contributed by atoms with van der Waals surface area (Å²) < 4.78 is 11.6. The summed E-state index contributed by atoms with van der Waals surface area (Å²) in [7, 11) is 4.03. The summed E-state index contributed by atoms with van der Waals surface area (Å²) in [5, 5.41) is 2.80. The highest BCUT2D eigenvalue weighted by Crippen LogP contribution is 2.37. The molecule has 1 aliphatic rings. The van der Waals surface area contributed by atoms with E-state index in [0.717, 1.165) is 40.0 Å². The van der Waals surface area contributed by atoms with Gasteiger partial charge < -0.3 is 24.2 Å². The maximum Gasteiger partial charge on any atom is 0.345 e. The van der Waals surface area contributed by atoms with Gasteiger partial charge in [-0.05, 0) is 57.9 Å². The van der Waals surface area contributed by atoms with E-state index in [2.05, 4.69) is 15.9 Å². The normalized spacial score (nSPS) is 13.9. The van der Waals surface area contributed by atoms with Gasteiger partial charge in [0, 0.05) is 38.1 Å². The molecule has 0 unspecified atom stereocenters. The van der Waals surface area contributed by atoms with Crippen molar-refractivity contribution >= 4 is 39.8 Å². The maximum absolute atomic E-state index is 13.3. The van der Waals surface area contributed by atoms with Gasteiger partial charge in [-0.1, -0.05) is 17.7 Å². The summed E-state index contributed by atoms with van der Waals surface area (Å²) in [4.78, 5) is 37.8. The zero-order chi connectivity index (χ0) is 25.7. The zero-order valence-corrected chi connectivity index (χ0v) is 22.3. The zero-order valence-electron chi connectivity index (χ0n) is 21.5. The maximum atomic E-state index is 13.3. The Bertz CT molecular complexity index is 1200. The molecule has 1 saturated heterocycles. The van der Waals surface area contributed by atoms with Crippen LogP contribution in [0, 0.1) is 6.92 Å². The number of fused-ring (bicyclic) bond motifs is 1. The van der Waals surface area contributed by atoms with Crippen LogP contribution in [0.1, 0.15) is 38.9 Å². The average molecular weight is 511 g/mol. The molecule has 3 heterocycles. The van der Waals surface area contributed by atoms with Crippen molar-refractivity contribution in [3.8, 4) is 5.88 Å². The molecule has 0 N–H and O–H groups in total. The van der Waals surface area contributed by atoms with Crippen molar-refractivity contribution in [3.05, 3.63) is 51.7 Å². The lowest BCUT2D eigenvalue weighted by Crippen LogP contribution is -2.49. The minimum atomic E-state index is -0.442. The van der Waals surface area contributed by atoms with Crippen LogP contribution in [-0.4, -0.2) is 86.7 Å². The highest BCUT2D eigenvalue weighted by molar-refractivity contribution is 7.12. The number of carbonyl (C=O) groups is 2. The fourth-order valence-corrected chi connectivity index (χ4v) is 5.09. The topological polar surface area (TPSA) is 75.2 Å². The summed E-state index contributed by atoms with van der Waals surface area (Å²) in [6, 6.07) is 9.78. The van der Waals surface area contributed by atoms with Crippen molar-refractivity contribution < 1.29 is 19.1 Å². The van der Waals surface area contributed by atoms with E-state index >= 15 is 0 Å². The standard InChI is InChI=1S/C27H34N4O4S/c1-5-34-27(33)23-24(30-12-14-31(15-13-30)26(32)22-8-6-17-36-22)20-18-19(2)9-10-21(20)28-25(23)35-16-7-11-29(3)4/h6,8-10,17-18H,5,7,11-16H2,1-4H3. The molecule has 0 atom stereocenters. The van der Waals surface area contributed by atoms with Crippen LogP contribution in [0.5, 0.6) is 5.88 Å². The van der Waals surface area contributed by atoms with Crippen LogP contribution < -0.4 is 9.64 Å². The predicted octanol–water partition coefficient (Wildman–Crippen LogP) is 4.07. The van der Waals surface area contributed by atoms with E-state index in [1.54, 1.807) is 6.92 Å². The number of nitrogens with zero attached hydrogens (tertiary/aromatic N) is 4. The lowest BCUT2D eigenvalue weighted by molar-refractivity contribution is 0.0520. The molecule has 3 aromatic rings. The van der Waals surface area contributed by atoms with E-state index in [1.165, 1.54) is 11.3 Å². The Kier molecular flexibility index (Phi) is 8.43. The average Bonchev–Trinajstić information content (AvgIpc) is 3.41. The largest absolute Gasteiger partial charge is 0.477 e. The van der Waals surface area contributed by atoms with E-state index < -0.39 is 5.97 Å². The first-order valence-corrected chi connectivity index (χ1v) is 13.2. The van der Waals surface area contributed by atoms with Gasteiger partial charge in [-0.2, -0.15) is 0 Å².